The lowest BCUT2D eigenvalue weighted by Crippen LogP contribution is -2.55. The van der Waals surface area contributed by atoms with Gasteiger partial charge in [0.05, 0.1) is 12.3 Å². The number of unbranched alkanes of at least 4 members (excludes halogenated alkanes) is 8. The second-order valence-electron chi connectivity index (χ2n) is 12.0. The number of ketones is 1. The Balaban J connectivity index is 2.02. The van der Waals surface area contributed by atoms with Gasteiger partial charge in [-0.3, -0.25) is 14.4 Å². The predicted octanol–water partition coefficient (Wildman–Crippen LogP) is 6.20. The molecule has 0 aliphatic rings. The minimum atomic E-state index is -3.03. The van der Waals surface area contributed by atoms with Crippen molar-refractivity contribution in [1.82, 2.24) is 5.32 Å². The Morgan fingerprint density at radius 1 is 0.766 bits per heavy atom. The highest BCUT2D eigenvalue weighted by Crippen LogP contribution is 2.26. The first-order chi connectivity index (χ1) is 22.5. The third-order valence-corrected chi connectivity index (χ3v) is 8.17. The number of nitrogens with one attached hydrogen (secondary N) is 1. The van der Waals surface area contributed by atoms with Crippen molar-refractivity contribution < 1.29 is 44.4 Å². The number of carboxylic acids is 3. The highest BCUT2D eigenvalue weighted by atomic mass is 16.4. The standard InChI is InChI=1S/C37H49NO9/c1-2-3-4-5-6-7-13-18-30(39)19-14-8-9-15-20-31(37(47,36(45)46)26-33(40)41)34(42)38-32(35(43)44)25-27-21-23-29(24-22-27)28-16-11-10-12-17-28/h10-12,15-17,20-24,31-32,47H,2-9,13-14,18-19,25-26H2,1H3,(H,38,42)(H,40,41)(H,43,44)(H,45,46)/t31-,32+,37+/m1/s1. The number of rotatable bonds is 24. The molecule has 2 rings (SSSR count). The van der Waals surface area contributed by atoms with Crippen LogP contribution in [0.4, 0.5) is 0 Å². The lowest BCUT2D eigenvalue weighted by molar-refractivity contribution is -0.172. The molecule has 2 aromatic carbocycles. The molecule has 0 bridgehead atoms. The van der Waals surface area contributed by atoms with E-state index in [0.29, 0.717) is 37.7 Å². The molecule has 3 atom stereocenters. The van der Waals surface area contributed by atoms with Gasteiger partial charge in [-0.05, 0) is 42.4 Å². The van der Waals surface area contributed by atoms with Gasteiger partial charge in [0.15, 0.2) is 5.60 Å². The van der Waals surface area contributed by atoms with Gasteiger partial charge in [0.2, 0.25) is 5.91 Å². The summed E-state index contributed by atoms with van der Waals surface area (Å²) in [5.41, 5.74) is -0.560. The molecule has 0 fully saturated rings. The van der Waals surface area contributed by atoms with Gasteiger partial charge in [-0.25, -0.2) is 9.59 Å². The van der Waals surface area contributed by atoms with E-state index in [4.69, 9.17) is 0 Å². The molecule has 256 valence electrons. The Hall–Kier alpha value is -4.31. The molecule has 0 aromatic heterocycles. The smallest absolute Gasteiger partial charge is 0.337 e. The zero-order chi connectivity index (χ0) is 34.7. The molecule has 1 amide bonds. The normalized spacial score (nSPS) is 13.8. The molecule has 0 radical (unpaired) electrons. The van der Waals surface area contributed by atoms with Crippen LogP contribution in [-0.4, -0.2) is 61.7 Å². The van der Waals surface area contributed by atoms with Crippen LogP contribution in [0.25, 0.3) is 11.1 Å². The number of carbonyl (C=O) groups excluding carboxylic acids is 2. The van der Waals surface area contributed by atoms with Gasteiger partial charge in [-0.1, -0.05) is 112 Å². The molecule has 47 heavy (non-hydrogen) atoms. The van der Waals surface area contributed by atoms with Crippen LogP contribution >= 0.6 is 0 Å². The topological polar surface area (TPSA) is 178 Å². The number of hydrogen-bond donors (Lipinski definition) is 5. The van der Waals surface area contributed by atoms with Gasteiger partial charge < -0.3 is 25.7 Å². The summed E-state index contributed by atoms with van der Waals surface area (Å²) in [5, 5.41) is 42.1. The maximum absolute atomic E-state index is 13.3. The predicted molar refractivity (Wildman–Crippen MR) is 179 cm³/mol. The molecule has 5 N–H and O–H groups in total. The number of aliphatic carboxylic acids is 3. The summed E-state index contributed by atoms with van der Waals surface area (Å²) in [6.07, 6.45) is 11.5. The van der Waals surface area contributed by atoms with Crippen LogP contribution in [-0.2, 0) is 30.4 Å². The van der Waals surface area contributed by atoms with E-state index < -0.39 is 47.8 Å². The Morgan fingerprint density at radius 2 is 1.34 bits per heavy atom. The number of aliphatic hydroxyl groups is 1. The first kappa shape index (κ1) is 38.9. The van der Waals surface area contributed by atoms with E-state index in [2.05, 4.69) is 12.2 Å². The number of amides is 1. The van der Waals surface area contributed by atoms with E-state index >= 15 is 0 Å². The summed E-state index contributed by atoms with van der Waals surface area (Å²) in [7, 11) is 0. The summed E-state index contributed by atoms with van der Waals surface area (Å²) in [4.78, 5) is 61.2. The lowest BCUT2D eigenvalue weighted by Gasteiger charge is -2.29. The highest BCUT2D eigenvalue weighted by molar-refractivity contribution is 5.94. The average molecular weight is 652 g/mol. The van der Waals surface area contributed by atoms with Gasteiger partial charge in [-0.15, -0.1) is 0 Å². The molecule has 2 aromatic rings. The first-order valence-electron chi connectivity index (χ1n) is 16.5. The fourth-order valence-electron chi connectivity index (χ4n) is 5.39. The van der Waals surface area contributed by atoms with Crippen molar-refractivity contribution >= 4 is 29.6 Å². The Kier molecular flexibility index (Phi) is 17.2. The summed E-state index contributed by atoms with van der Waals surface area (Å²) in [6, 6.07) is 15.1. The van der Waals surface area contributed by atoms with Crippen molar-refractivity contribution in [3.05, 3.63) is 72.3 Å². The molecule has 10 nitrogen and oxygen atoms in total. The SMILES string of the molecule is CCCCCCCCCC(=O)CCCCC=C[C@H](C(=O)N[C@@H](Cc1ccc(-c2ccccc2)cc1)C(=O)O)[C@@](O)(CC(=O)O)C(=O)O. The molecule has 10 heteroatoms. The van der Waals surface area contributed by atoms with E-state index in [1.165, 1.54) is 31.8 Å². The van der Waals surface area contributed by atoms with Crippen molar-refractivity contribution in [3.63, 3.8) is 0 Å². The molecule has 0 unspecified atom stereocenters. The minimum absolute atomic E-state index is 0.135. The van der Waals surface area contributed by atoms with E-state index in [-0.39, 0.29) is 12.2 Å². The zero-order valence-electron chi connectivity index (χ0n) is 27.2. The van der Waals surface area contributed by atoms with Gasteiger partial charge >= 0.3 is 17.9 Å². The molecule has 0 aliphatic carbocycles. The molecule has 0 spiro atoms. The molecule has 0 saturated heterocycles. The van der Waals surface area contributed by atoms with Crippen molar-refractivity contribution in [2.45, 2.75) is 108 Å². The highest BCUT2D eigenvalue weighted by Gasteiger charge is 2.49. The van der Waals surface area contributed by atoms with Crippen LogP contribution in [0.15, 0.2) is 66.7 Å². The second kappa shape index (κ2) is 20.7. The summed E-state index contributed by atoms with van der Waals surface area (Å²) < 4.78 is 0. The lowest BCUT2D eigenvalue weighted by atomic mass is 9.82. The quantitative estimate of drug-likeness (QED) is 0.0653. The summed E-state index contributed by atoms with van der Waals surface area (Å²) >= 11 is 0. The van der Waals surface area contributed by atoms with E-state index in [0.717, 1.165) is 36.5 Å². The maximum Gasteiger partial charge on any atom is 0.337 e. The van der Waals surface area contributed by atoms with Crippen LogP contribution in [0.1, 0.15) is 96.0 Å². The fraction of sp³-hybridized carbons (Fsp3) is 0.486. The number of allylic oxidation sites excluding steroid dienone is 1. The Morgan fingerprint density at radius 3 is 1.91 bits per heavy atom. The van der Waals surface area contributed by atoms with Crippen molar-refractivity contribution in [2.24, 2.45) is 5.92 Å². The first-order valence-corrected chi connectivity index (χ1v) is 16.5. The van der Waals surface area contributed by atoms with Gasteiger partial charge in [0.25, 0.3) is 0 Å². The largest absolute Gasteiger partial charge is 0.481 e. The van der Waals surface area contributed by atoms with Gasteiger partial charge in [0, 0.05) is 19.3 Å². The number of Topliss-reactive ketones (excluding diaryl/α,β-unsaturated/α-hetero) is 1. The number of carbonyl (C=O) groups is 5. The zero-order valence-corrected chi connectivity index (χ0v) is 27.2. The van der Waals surface area contributed by atoms with Crippen LogP contribution in [0.5, 0.6) is 0 Å². The molecular formula is C37H49NO9. The van der Waals surface area contributed by atoms with E-state index in [1.54, 1.807) is 12.1 Å². The van der Waals surface area contributed by atoms with Crippen LogP contribution in [0, 0.1) is 5.92 Å². The van der Waals surface area contributed by atoms with Crippen LogP contribution in [0.3, 0.4) is 0 Å². The summed E-state index contributed by atoms with van der Waals surface area (Å²) in [5.74, 6) is -7.80. The maximum atomic E-state index is 13.3. The summed E-state index contributed by atoms with van der Waals surface area (Å²) in [6.45, 7) is 2.17. The van der Waals surface area contributed by atoms with Crippen LogP contribution < -0.4 is 5.32 Å². The van der Waals surface area contributed by atoms with Crippen LogP contribution in [0.2, 0.25) is 0 Å². The average Bonchev–Trinajstić information content (AvgIpc) is 3.03. The van der Waals surface area contributed by atoms with Crippen molar-refractivity contribution in [3.8, 4) is 11.1 Å². The van der Waals surface area contributed by atoms with Gasteiger partial charge in [-0.2, -0.15) is 0 Å². The second-order valence-corrected chi connectivity index (χ2v) is 12.0. The third-order valence-electron chi connectivity index (χ3n) is 8.17. The minimum Gasteiger partial charge on any atom is -0.481 e. The Bertz CT molecular complexity index is 1320. The molecule has 0 aliphatic heterocycles. The number of hydrogen-bond acceptors (Lipinski definition) is 6. The van der Waals surface area contributed by atoms with E-state index in [1.807, 2.05) is 42.5 Å². The Labute approximate surface area is 276 Å². The van der Waals surface area contributed by atoms with E-state index in [9.17, 15) is 44.4 Å². The van der Waals surface area contributed by atoms with Crippen molar-refractivity contribution in [1.29, 1.82) is 0 Å². The molecule has 0 saturated carbocycles. The van der Waals surface area contributed by atoms with Gasteiger partial charge in [0.1, 0.15) is 11.8 Å². The molecule has 0 heterocycles. The number of benzene rings is 2. The fourth-order valence-corrected chi connectivity index (χ4v) is 5.39. The van der Waals surface area contributed by atoms with Crippen molar-refractivity contribution in [2.75, 3.05) is 0 Å². The molecular weight excluding hydrogens is 602 g/mol. The number of carboxylic acid groups (broad SMARTS) is 3. The third kappa shape index (κ3) is 13.9. The monoisotopic (exact) mass is 651 g/mol.